The lowest BCUT2D eigenvalue weighted by atomic mass is 9.95. The van der Waals surface area contributed by atoms with E-state index in [0.29, 0.717) is 18.7 Å². The smallest absolute Gasteiger partial charge is 0.335 e. The summed E-state index contributed by atoms with van der Waals surface area (Å²) in [6, 6.07) is 2.13. The topological polar surface area (TPSA) is 60.1 Å². The Kier molecular flexibility index (Phi) is 4.95. The molecule has 156 valence electrons. The molecule has 2 aromatic rings. The van der Waals surface area contributed by atoms with E-state index in [1.165, 1.54) is 10.6 Å². The number of benzene rings is 1. The Hall–Kier alpha value is -2.65. The number of likely N-dealkylation sites (tertiary alicyclic amines) is 1. The Balaban J connectivity index is 1.67. The second-order valence-corrected chi connectivity index (χ2v) is 7.67. The largest absolute Gasteiger partial charge is 0.347 e. The van der Waals surface area contributed by atoms with Crippen LogP contribution in [0.5, 0.6) is 0 Å². The van der Waals surface area contributed by atoms with Crippen molar-refractivity contribution >= 4 is 5.91 Å². The molecule has 0 saturated carbocycles. The summed E-state index contributed by atoms with van der Waals surface area (Å²) in [4.78, 5) is 26.9. The fourth-order valence-corrected chi connectivity index (χ4v) is 4.00. The number of rotatable bonds is 3. The van der Waals surface area contributed by atoms with E-state index in [9.17, 15) is 27.2 Å². The standard InChI is InChI=1S/C19H20F4N4O2/c1-10-2-5-16(18(28)25-8-14(22)15(23)9-25)27-17(10)24-26(19(27)29)7-11-3-4-12(20)6-13(11)21/h3-4,6,10,14-16H,2,5,7-9H2,1H3/t10?,14-,15+,16?. The molecule has 2 aliphatic rings. The summed E-state index contributed by atoms with van der Waals surface area (Å²) < 4.78 is 56.4. The van der Waals surface area contributed by atoms with Crippen molar-refractivity contribution in [1.29, 1.82) is 0 Å². The quantitative estimate of drug-likeness (QED) is 0.728. The van der Waals surface area contributed by atoms with Gasteiger partial charge in [0.25, 0.3) is 0 Å². The molecule has 0 N–H and O–H groups in total. The Morgan fingerprint density at radius 3 is 2.52 bits per heavy atom. The van der Waals surface area contributed by atoms with Crippen LogP contribution in [0.4, 0.5) is 17.6 Å². The van der Waals surface area contributed by atoms with Gasteiger partial charge in [-0.1, -0.05) is 13.0 Å². The molecule has 10 heteroatoms. The number of fused-ring (bicyclic) bond motifs is 1. The molecule has 0 bridgehead atoms. The van der Waals surface area contributed by atoms with Crippen LogP contribution in [0, 0.1) is 11.6 Å². The van der Waals surface area contributed by atoms with Gasteiger partial charge in [0.15, 0.2) is 12.3 Å². The third-order valence-electron chi connectivity index (χ3n) is 5.64. The van der Waals surface area contributed by atoms with Gasteiger partial charge in [-0.3, -0.25) is 9.36 Å². The highest BCUT2D eigenvalue weighted by Gasteiger charge is 2.41. The summed E-state index contributed by atoms with van der Waals surface area (Å²) in [6.45, 7) is 0.949. The second kappa shape index (κ2) is 7.31. The number of amides is 1. The highest BCUT2D eigenvalue weighted by atomic mass is 19.2. The van der Waals surface area contributed by atoms with Crippen LogP contribution >= 0.6 is 0 Å². The number of hydrogen-bond donors (Lipinski definition) is 0. The van der Waals surface area contributed by atoms with Gasteiger partial charge in [0.2, 0.25) is 5.91 Å². The molecule has 4 atom stereocenters. The number of carbonyl (C=O) groups is 1. The zero-order chi connectivity index (χ0) is 20.9. The van der Waals surface area contributed by atoms with E-state index in [2.05, 4.69) is 5.10 Å². The number of aromatic nitrogens is 3. The van der Waals surface area contributed by atoms with Crippen LogP contribution in [0.25, 0.3) is 0 Å². The number of hydrogen-bond acceptors (Lipinski definition) is 3. The van der Waals surface area contributed by atoms with Crippen molar-refractivity contribution in [3.63, 3.8) is 0 Å². The molecule has 1 saturated heterocycles. The predicted octanol–water partition coefficient (Wildman–Crippen LogP) is 2.33. The van der Waals surface area contributed by atoms with E-state index in [4.69, 9.17) is 0 Å². The normalized spacial score (nSPS) is 26.6. The van der Waals surface area contributed by atoms with Gasteiger partial charge < -0.3 is 4.90 Å². The van der Waals surface area contributed by atoms with Crippen LogP contribution in [0.3, 0.4) is 0 Å². The maximum atomic E-state index is 14.0. The Labute approximate surface area is 163 Å². The lowest BCUT2D eigenvalue weighted by Gasteiger charge is -2.29. The molecule has 29 heavy (non-hydrogen) atoms. The first kappa shape index (κ1) is 19.7. The molecular weight excluding hydrogens is 392 g/mol. The molecule has 1 amide bonds. The third kappa shape index (κ3) is 3.44. The van der Waals surface area contributed by atoms with Crippen molar-refractivity contribution in [3.05, 3.63) is 51.7 Å². The van der Waals surface area contributed by atoms with E-state index in [1.807, 2.05) is 6.92 Å². The van der Waals surface area contributed by atoms with Gasteiger partial charge in [0, 0.05) is 17.5 Å². The molecular formula is C19H20F4N4O2. The van der Waals surface area contributed by atoms with Crippen molar-refractivity contribution in [3.8, 4) is 0 Å². The van der Waals surface area contributed by atoms with Crippen molar-refractivity contribution < 1.29 is 22.4 Å². The minimum Gasteiger partial charge on any atom is -0.335 e. The van der Waals surface area contributed by atoms with E-state index >= 15 is 0 Å². The zero-order valence-corrected chi connectivity index (χ0v) is 15.7. The summed E-state index contributed by atoms with van der Waals surface area (Å²) >= 11 is 0. The van der Waals surface area contributed by atoms with Gasteiger partial charge >= 0.3 is 5.69 Å². The molecule has 1 aromatic carbocycles. The molecule has 2 unspecified atom stereocenters. The van der Waals surface area contributed by atoms with Crippen LogP contribution in [0.1, 0.15) is 43.1 Å². The maximum Gasteiger partial charge on any atom is 0.347 e. The summed E-state index contributed by atoms with van der Waals surface area (Å²) in [5, 5.41) is 4.27. The molecule has 2 aliphatic heterocycles. The summed E-state index contributed by atoms with van der Waals surface area (Å²) in [7, 11) is 0. The fourth-order valence-electron chi connectivity index (χ4n) is 4.00. The highest BCUT2D eigenvalue weighted by Crippen LogP contribution is 2.33. The number of carbonyl (C=O) groups excluding carboxylic acids is 1. The lowest BCUT2D eigenvalue weighted by molar-refractivity contribution is -0.134. The first-order valence-corrected chi connectivity index (χ1v) is 9.46. The van der Waals surface area contributed by atoms with E-state index in [0.717, 1.165) is 21.7 Å². The minimum atomic E-state index is -1.73. The predicted molar refractivity (Wildman–Crippen MR) is 95.0 cm³/mol. The van der Waals surface area contributed by atoms with Gasteiger partial charge in [-0.2, -0.15) is 5.10 Å². The van der Waals surface area contributed by atoms with Crippen LogP contribution < -0.4 is 5.69 Å². The van der Waals surface area contributed by atoms with E-state index in [-0.39, 0.29) is 31.1 Å². The van der Waals surface area contributed by atoms with Crippen molar-refractivity contribution in [2.45, 2.75) is 50.6 Å². The van der Waals surface area contributed by atoms with Crippen molar-refractivity contribution in [2.75, 3.05) is 13.1 Å². The Morgan fingerprint density at radius 1 is 1.17 bits per heavy atom. The summed E-state index contributed by atoms with van der Waals surface area (Å²) in [6.07, 6.45) is -2.55. The van der Waals surface area contributed by atoms with Gasteiger partial charge in [-0.05, 0) is 18.9 Å². The first-order valence-electron chi connectivity index (χ1n) is 9.46. The summed E-state index contributed by atoms with van der Waals surface area (Å²) in [5.41, 5.74) is -0.527. The number of halogens is 4. The number of nitrogens with zero attached hydrogens (tertiary/aromatic N) is 4. The molecule has 6 nitrogen and oxygen atoms in total. The van der Waals surface area contributed by atoms with Gasteiger partial charge in [0.05, 0.1) is 19.6 Å². The first-order chi connectivity index (χ1) is 13.8. The fraction of sp³-hybridized carbons (Fsp3) is 0.526. The molecule has 4 rings (SSSR count). The highest BCUT2D eigenvalue weighted by molar-refractivity contribution is 5.81. The molecule has 1 aromatic heterocycles. The van der Waals surface area contributed by atoms with Gasteiger partial charge in [-0.15, -0.1) is 0 Å². The average Bonchev–Trinajstić information content (AvgIpc) is 3.18. The second-order valence-electron chi connectivity index (χ2n) is 7.67. The van der Waals surface area contributed by atoms with Crippen LogP contribution in [0.2, 0.25) is 0 Å². The van der Waals surface area contributed by atoms with Crippen molar-refractivity contribution in [1.82, 2.24) is 19.2 Å². The van der Waals surface area contributed by atoms with Gasteiger partial charge in [0.1, 0.15) is 23.5 Å². The molecule has 3 heterocycles. The lowest BCUT2D eigenvalue weighted by Crippen LogP contribution is -2.42. The molecule has 0 spiro atoms. The Bertz CT molecular complexity index is 995. The minimum absolute atomic E-state index is 0.0829. The molecule has 0 aliphatic carbocycles. The van der Waals surface area contributed by atoms with E-state index in [1.54, 1.807) is 0 Å². The van der Waals surface area contributed by atoms with Crippen LogP contribution in [-0.4, -0.2) is 50.6 Å². The monoisotopic (exact) mass is 412 g/mol. The average molecular weight is 412 g/mol. The molecule has 1 fully saturated rings. The maximum absolute atomic E-state index is 14.0. The van der Waals surface area contributed by atoms with Crippen LogP contribution in [0.15, 0.2) is 23.0 Å². The van der Waals surface area contributed by atoms with Crippen molar-refractivity contribution in [2.24, 2.45) is 0 Å². The van der Waals surface area contributed by atoms with E-state index < -0.39 is 41.6 Å². The summed E-state index contributed by atoms with van der Waals surface area (Å²) in [5.74, 6) is -1.80. The SMILES string of the molecule is CC1CCC(C(=O)N2C[C@@H](F)[C@@H](F)C2)n2c1nn(Cc1ccc(F)cc1F)c2=O. The Morgan fingerprint density at radius 2 is 1.86 bits per heavy atom. The van der Waals surface area contributed by atoms with Gasteiger partial charge in [-0.25, -0.2) is 27.0 Å². The number of alkyl halides is 2. The van der Waals surface area contributed by atoms with Crippen LogP contribution in [-0.2, 0) is 11.3 Å². The molecule has 0 radical (unpaired) electrons. The zero-order valence-electron chi connectivity index (χ0n) is 15.7. The third-order valence-corrected chi connectivity index (χ3v) is 5.64.